The van der Waals surface area contributed by atoms with Gasteiger partial charge < -0.3 is 16.0 Å². The van der Waals surface area contributed by atoms with Crippen LogP contribution in [0.3, 0.4) is 0 Å². The molecule has 3 aromatic carbocycles. The number of thiazole rings is 1. The summed E-state index contributed by atoms with van der Waals surface area (Å²) in [7, 11) is 0. The monoisotopic (exact) mass is 634 g/mol. The minimum Gasteiger partial charge on any atom is -0.321 e. The third kappa shape index (κ3) is 8.38. The Morgan fingerprint density at radius 2 is 1.75 bits per heavy atom. The summed E-state index contributed by atoms with van der Waals surface area (Å²) in [6.07, 6.45) is 2.24. The topological polar surface area (TPSA) is 100 Å². The summed E-state index contributed by atoms with van der Waals surface area (Å²) in [6, 6.07) is 23.4. The largest absolute Gasteiger partial charge is 0.321 e. The number of carbonyl (C=O) groups is 3. The lowest BCUT2D eigenvalue weighted by Crippen LogP contribution is -2.30. The van der Waals surface area contributed by atoms with Gasteiger partial charge in [-0.2, -0.15) is 0 Å². The van der Waals surface area contributed by atoms with Crippen molar-refractivity contribution in [1.82, 2.24) is 10.3 Å². The molecule has 1 atom stereocenters. The number of rotatable bonds is 10. The standard InChI is InChI=1S/C30H27BrN4O3S2/c1-3-26(29(38)35-30-32-19(2)18-39-30)40-24-11-7-10-23(17-24)33-28(37)25(16-20-12-14-22(31)15-13-20)34-27(36)21-8-5-4-6-9-21/h4-18,26H,3H2,1-2H3,(H,33,37)(H,34,36)(H,32,35,38)/b25-16-. The van der Waals surface area contributed by atoms with E-state index in [2.05, 4.69) is 36.9 Å². The molecule has 0 bridgehead atoms. The number of carbonyl (C=O) groups excluding carboxylic acids is 3. The Bertz CT molecular complexity index is 1520. The summed E-state index contributed by atoms with van der Waals surface area (Å²) in [4.78, 5) is 44.2. The van der Waals surface area contributed by atoms with Crippen molar-refractivity contribution in [1.29, 1.82) is 0 Å². The molecule has 204 valence electrons. The number of nitrogens with zero attached hydrogens (tertiary/aromatic N) is 1. The number of thioether (sulfide) groups is 1. The van der Waals surface area contributed by atoms with Crippen LogP contribution in [0, 0.1) is 6.92 Å². The molecule has 0 saturated heterocycles. The smallest absolute Gasteiger partial charge is 0.272 e. The molecule has 1 aromatic heterocycles. The van der Waals surface area contributed by atoms with Crippen LogP contribution in [-0.2, 0) is 9.59 Å². The van der Waals surface area contributed by atoms with E-state index >= 15 is 0 Å². The van der Waals surface area contributed by atoms with E-state index in [0.29, 0.717) is 22.8 Å². The summed E-state index contributed by atoms with van der Waals surface area (Å²) >= 11 is 6.21. The molecule has 40 heavy (non-hydrogen) atoms. The molecule has 1 unspecified atom stereocenters. The van der Waals surface area contributed by atoms with Gasteiger partial charge in [0.25, 0.3) is 11.8 Å². The normalized spacial score (nSPS) is 11.9. The van der Waals surface area contributed by atoms with Gasteiger partial charge in [-0.1, -0.05) is 59.3 Å². The highest BCUT2D eigenvalue weighted by atomic mass is 79.9. The zero-order valence-electron chi connectivity index (χ0n) is 21.8. The molecule has 4 rings (SSSR count). The van der Waals surface area contributed by atoms with Gasteiger partial charge in [0.2, 0.25) is 5.91 Å². The fourth-order valence-electron chi connectivity index (χ4n) is 3.60. The van der Waals surface area contributed by atoms with Gasteiger partial charge in [0.15, 0.2) is 5.13 Å². The fraction of sp³-hybridized carbons (Fsp3) is 0.133. The van der Waals surface area contributed by atoms with Crippen LogP contribution in [0.2, 0.25) is 0 Å². The first-order chi connectivity index (χ1) is 19.3. The van der Waals surface area contributed by atoms with E-state index in [4.69, 9.17) is 0 Å². The van der Waals surface area contributed by atoms with E-state index in [1.165, 1.54) is 23.1 Å². The van der Waals surface area contributed by atoms with Crippen LogP contribution in [0.25, 0.3) is 6.08 Å². The van der Waals surface area contributed by atoms with Crippen molar-refractivity contribution >= 4 is 73.6 Å². The maximum atomic E-state index is 13.4. The summed E-state index contributed by atoms with van der Waals surface area (Å²) in [5.41, 5.74) is 2.68. The molecule has 10 heteroatoms. The predicted molar refractivity (Wildman–Crippen MR) is 167 cm³/mol. The summed E-state index contributed by atoms with van der Waals surface area (Å²) < 4.78 is 0.902. The highest BCUT2D eigenvalue weighted by Crippen LogP contribution is 2.29. The highest BCUT2D eigenvalue weighted by molar-refractivity contribution is 9.10. The molecule has 1 heterocycles. The number of nitrogens with one attached hydrogen (secondary N) is 3. The number of aromatic nitrogens is 1. The Morgan fingerprint density at radius 1 is 1.00 bits per heavy atom. The number of halogens is 1. The SMILES string of the molecule is CCC(Sc1cccc(NC(=O)/C(=C/c2ccc(Br)cc2)NC(=O)c2ccccc2)c1)C(=O)Nc1nc(C)cs1. The third-order valence-corrected chi connectivity index (χ3v) is 8.35. The van der Waals surface area contributed by atoms with E-state index in [1.54, 1.807) is 36.4 Å². The summed E-state index contributed by atoms with van der Waals surface area (Å²) in [5, 5.41) is 10.6. The van der Waals surface area contributed by atoms with Crippen LogP contribution >= 0.6 is 39.0 Å². The Kier molecular flexibility index (Phi) is 10.3. The third-order valence-electron chi connectivity index (χ3n) is 5.59. The Hall–Kier alpha value is -3.73. The van der Waals surface area contributed by atoms with Gasteiger partial charge in [-0.3, -0.25) is 14.4 Å². The maximum absolute atomic E-state index is 13.4. The van der Waals surface area contributed by atoms with Crippen LogP contribution in [0.15, 0.2) is 99.3 Å². The van der Waals surface area contributed by atoms with Crippen LogP contribution in [-0.4, -0.2) is 28.0 Å². The van der Waals surface area contributed by atoms with Crippen LogP contribution < -0.4 is 16.0 Å². The van der Waals surface area contributed by atoms with E-state index in [1.807, 2.05) is 67.8 Å². The maximum Gasteiger partial charge on any atom is 0.272 e. The van der Waals surface area contributed by atoms with Crippen molar-refractivity contribution in [3.63, 3.8) is 0 Å². The van der Waals surface area contributed by atoms with Crippen LogP contribution in [0.5, 0.6) is 0 Å². The van der Waals surface area contributed by atoms with E-state index in [-0.39, 0.29) is 16.9 Å². The van der Waals surface area contributed by atoms with Gasteiger partial charge >= 0.3 is 0 Å². The zero-order chi connectivity index (χ0) is 28.5. The second-order valence-electron chi connectivity index (χ2n) is 8.71. The molecule has 0 spiro atoms. The van der Waals surface area contributed by atoms with Crippen molar-refractivity contribution < 1.29 is 14.4 Å². The van der Waals surface area contributed by atoms with E-state index in [0.717, 1.165) is 20.6 Å². The number of anilines is 2. The molecule has 3 N–H and O–H groups in total. The van der Waals surface area contributed by atoms with Gasteiger partial charge in [0.1, 0.15) is 5.70 Å². The number of amides is 3. The van der Waals surface area contributed by atoms with Gasteiger partial charge in [0, 0.05) is 26.0 Å². The number of hydrogen-bond donors (Lipinski definition) is 3. The van der Waals surface area contributed by atoms with Crippen molar-refractivity contribution in [2.45, 2.75) is 30.4 Å². The van der Waals surface area contributed by atoms with Gasteiger partial charge in [-0.25, -0.2) is 4.98 Å². The molecule has 0 aliphatic carbocycles. The minimum atomic E-state index is -0.474. The molecule has 4 aromatic rings. The Balaban J connectivity index is 1.49. The minimum absolute atomic E-state index is 0.0961. The number of benzene rings is 3. The molecule has 3 amide bonds. The molecule has 0 aliphatic heterocycles. The first-order valence-electron chi connectivity index (χ1n) is 12.5. The van der Waals surface area contributed by atoms with Crippen molar-refractivity contribution in [2.75, 3.05) is 10.6 Å². The lowest BCUT2D eigenvalue weighted by Gasteiger charge is -2.15. The molecule has 7 nitrogen and oxygen atoms in total. The zero-order valence-corrected chi connectivity index (χ0v) is 25.0. The molecular weight excluding hydrogens is 608 g/mol. The van der Waals surface area contributed by atoms with Crippen LogP contribution in [0.1, 0.15) is 35.0 Å². The quantitative estimate of drug-likeness (QED) is 0.127. The average molecular weight is 636 g/mol. The predicted octanol–water partition coefficient (Wildman–Crippen LogP) is 7.13. The van der Waals surface area contributed by atoms with Crippen molar-refractivity contribution in [3.05, 3.63) is 111 Å². The first kappa shape index (κ1) is 29.3. The summed E-state index contributed by atoms with van der Waals surface area (Å²) in [5.74, 6) is -0.992. The van der Waals surface area contributed by atoms with Gasteiger partial charge in [0.05, 0.1) is 10.9 Å². The second kappa shape index (κ2) is 14.1. The van der Waals surface area contributed by atoms with Crippen LogP contribution in [0.4, 0.5) is 10.8 Å². The molecule has 0 aliphatic rings. The fourth-order valence-corrected chi connectivity index (χ4v) is 5.57. The average Bonchev–Trinajstić information content (AvgIpc) is 3.37. The molecule has 0 saturated carbocycles. The van der Waals surface area contributed by atoms with Crippen molar-refractivity contribution in [2.24, 2.45) is 0 Å². The second-order valence-corrected chi connectivity index (χ2v) is 11.8. The van der Waals surface area contributed by atoms with Crippen molar-refractivity contribution in [3.8, 4) is 0 Å². The lowest BCUT2D eigenvalue weighted by molar-refractivity contribution is -0.116. The first-order valence-corrected chi connectivity index (χ1v) is 15.0. The Labute approximate surface area is 249 Å². The Morgan fingerprint density at radius 3 is 2.42 bits per heavy atom. The van der Waals surface area contributed by atoms with E-state index in [9.17, 15) is 14.4 Å². The van der Waals surface area contributed by atoms with E-state index < -0.39 is 11.8 Å². The number of aryl methyl sites for hydroxylation is 1. The van der Waals surface area contributed by atoms with Gasteiger partial charge in [-0.15, -0.1) is 23.1 Å². The molecule has 0 radical (unpaired) electrons. The summed E-state index contributed by atoms with van der Waals surface area (Å²) in [6.45, 7) is 3.83. The highest BCUT2D eigenvalue weighted by Gasteiger charge is 2.20. The molecular formula is C30H27BrN4O3S2. The van der Waals surface area contributed by atoms with Gasteiger partial charge in [-0.05, 0) is 67.4 Å². The lowest BCUT2D eigenvalue weighted by atomic mass is 10.1. The molecule has 0 fully saturated rings. The number of hydrogen-bond acceptors (Lipinski definition) is 6.